The van der Waals surface area contributed by atoms with Gasteiger partial charge in [-0.1, -0.05) is 36.4 Å². The molecule has 4 aromatic rings. The van der Waals surface area contributed by atoms with Crippen molar-refractivity contribution in [2.24, 2.45) is 0 Å². The molecule has 0 spiro atoms. The first-order valence-electron chi connectivity index (χ1n) is 10.3. The number of hydrogen-bond donors (Lipinski definition) is 0. The lowest BCUT2D eigenvalue weighted by Gasteiger charge is -2.24. The van der Waals surface area contributed by atoms with Crippen molar-refractivity contribution in [1.29, 1.82) is 0 Å². The number of hydrogen-bond acceptors (Lipinski definition) is 4. The molecule has 2 heterocycles. The number of thiazole rings is 1. The van der Waals surface area contributed by atoms with Crippen LogP contribution in [0, 0.1) is 5.82 Å². The molecule has 1 aliphatic rings. The number of carbonyl (C=O) groups excluding carboxylic acids is 1. The van der Waals surface area contributed by atoms with Gasteiger partial charge in [-0.2, -0.15) is 0 Å². The first-order chi connectivity index (χ1) is 15.2. The third-order valence-corrected chi connectivity index (χ3v) is 6.67. The van der Waals surface area contributed by atoms with Crippen LogP contribution in [-0.4, -0.2) is 22.3 Å². The molecule has 1 fully saturated rings. The van der Waals surface area contributed by atoms with Crippen molar-refractivity contribution in [2.45, 2.75) is 25.5 Å². The minimum atomic E-state index is -0.283. The van der Waals surface area contributed by atoms with E-state index in [1.165, 1.54) is 12.1 Å². The van der Waals surface area contributed by atoms with Crippen LogP contribution in [0.5, 0.6) is 5.75 Å². The molecule has 0 saturated carbocycles. The van der Waals surface area contributed by atoms with E-state index in [0.717, 1.165) is 33.6 Å². The Balaban J connectivity index is 1.38. The number of para-hydroxylation sites is 2. The lowest BCUT2D eigenvalue weighted by atomic mass is 10.1. The number of benzene rings is 3. The fourth-order valence-corrected chi connectivity index (χ4v) is 5.08. The van der Waals surface area contributed by atoms with Gasteiger partial charge in [0, 0.05) is 6.54 Å². The second kappa shape index (κ2) is 8.47. The molecular formula is C25H21FN2O2S. The highest BCUT2D eigenvalue weighted by Gasteiger charge is 2.33. The van der Waals surface area contributed by atoms with Crippen molar-refractivity contribution in [1.82, 2.24) is 9.88 Å². The van der Waals surface area contributed by atoms with Crippen molar-refractivity contribution in [3.63, 3.8) is 0 Å². The van der Waals surface area contributed by atoms with Crippen molar-refractivity contribution in [3.8, 4) is 5.75 Å². The number of nitrogens with zero attached hydrogens (tertiary/aromatic N) is 2. The zero-order valence-electron chi connectivity index (χ0n) is 16.8. The van der Waals surface area contributed by atoms with Crippen LogP contribution in [0.1, 0.15) is 39.8 Å². The van der Waals surface area contributed by atoms with Gasteiger partial charge in [-0.15, -0.1) is 11.3 Å². The summed E-state index contributed by atoms with van der Waals surface area (Å²) in [5.41, 5.74) is 2.36. The van der Waals surface area contributed by atoms with Crippen LogP contribution in [0.15, 0.2) is 72.8 Å². The van der Waals surface area contributed by atoms with Gasteiger partial charge < -0.3 is 9.64 Å². The van der Waals surface area contributed by atoms with E-state index in [4.69, 9.17) is 9.72 Å². The van der Waals surface area contributed by atoms with Gasteiger partial charge in [-0.05, 0) is 54.8 Å². The fourth-order valence-electron chi connectivity index (χ4n) is 3.96. The molecule has 1 atom stereocenters. The van der Waals surface area contributed by atoms with E-state index >= 15 is 0 Å². The number of fused-ring (bicyclic) bond motifs is 1. The SMILES string of the molecule is O=C(c1ccccc1OCc1ccc(F)cc1)N1CCC[C@H]1c1nc2ccccc2s1. The summed E-state index contributed by atoms with van der Waals surface area (Å²) in [6.07, 6.45) is 1.86. The summed E-state index contributed by atoms with van der Waals surface area (Å²) in [7, 11) is 0. The molecule has 156 valence electrons. The maximum atomic E-state index is 13.5. The summed E-state index contributed by atoms with van der Waals surface area (Å²) >= 11 is 1.66. The van der Waals surface area contributed by atoms with E-state index < -0.39 is 0 Å². The summed E-state index contributed by atoms with van der Waals surface area (Å²) in [5, 5.41) is 0.983. The van der Waals surface area contributed by atoms with Gasteiger partial charge >= 0.3 is 0 Å². The summed E-state index contributed by atoms with van der Waals surface area (Å²) in [4.78, 5) is 20.2. The number of likely N-dealkylation sites (tertiary alicyclic amines) is 1. The summed E-state index contributed by atoms with van der Waals surface area (Å²) < 4.78 is 20.2. The summed E-state index contributed by atoms with van der Waals surface area (Å²) in [6, 6.07) is 21.5. The monoisotopic (exact) mass is 432 g/mol. The predicted octanol–water partition coefficient (Wildman–Crippen LogP) is 5.99. The van der Waals surface area contributed by atoms with E-state index in [0.29, 0.717) is 17.9 Å². The molecule has 1 aromatic heterocycles. The lowest BCUT2D eigenvalue weighted by Crippen LogP contribution is -2.30. The average Bonchev–Trinajstić information content (AvgIpc) is 3.45. The second-order valence-electron chi connectivity index (χ2n) is 7.59. The van der Waals surface area contributed by atoms with Crippen molar-refractivity contribution in [3.05, 3.63) is 94.7 Å². The Morgan fingerprint density at radius 2 is 1.84 bits per heavy atom. The van der Waals surface area contributed by atoms with E-state index in [1.54, 1.807) is 35.6 Å². The number of carbonyl (C=O) groups is 1. The van der Waals surface area contributed by atoms with Crippen molar-refractivity contribution < 1.29 is 13.9 Å². The minimum Gasteiger partial charge on any atom is -0.488 e. The van der Waals surface area contributed by atoms with E-state index in [2.05, 4.69) is 6.07 Å². The molecule has 3 aromatic carbocycles. The first-order valence-corrected chi connectivity index (χ1v) is 11.1. The zero-order chi connectivity index (χ0) is 21.2. The van der Waals surface area contributed by atoms with E-state index in [9.17, 15) is 9.18 Å². The highest BCUT2D eigenvalue weighted by molar-refractivity contribution is 7.18. The second-order valence-corrected chi connectivity index (χ2v) is 8.65. The molecule has 1 amide bonds. The van der Waals surface area contributed by atoms with Gasteiger partial charge in [-0.25, -0.2) is 9.37 Å². The number of amides is 1. The van der Waals surface area contributed by atoms with Crippen molar-refractivity contribution >= 4 is 27.5 Å². The minimum absolute atomic E-state index is 0.0185. The number of aromatic nitrogens is 1. The van der Waals surface area contributed by atoms with E-state index in [1.807, 2.05) is 35.2 Å². The molecule has 0 radical (unpaired) electrons. The van der Waals surface area contributed by atoms with Gasteiger partial charge in [0.15, 0.2) is 0 Å². The highest BCUT2D eigenvalue weighted by atomic mass is 32.1. The van der Waals surface area contributed by atoms with Gasteiger partial charge in [-0.3, -0.25) is 4.79 Å². The van der Waals surface area contributed by atoms with Crippen LogP contribution in [0.25, 0.3) is 10.2 Å². The molecule has 0 N–H and O–H groups in total. The number of ether oxygens (including phenoxy) is 1. The molecule has 1 aliphatic heterocycles. The maximum absolute atomic E-state index is 13.5. The molecule has 4 nitrogen and oxygen atoms in total. The first kappa shape index (κ1) is 19.7. The third-order valence-electron chi connectivity index (χ3n) is 5.53. The van der Waals surface area contributed by atoms with Gasteiger partial charge in [0.05, 0.1) is 21.8 Å². The molecule has 0 unspecified atom stereocenters. The number of halogens is 1. The molecule has 6 heteroatoms. The van der Waals surface area contributed by atoms with E-state index in [-0.39, 0.29) is 24.4 Å². The Morgan fingerprint density at radius 1 is 1.06 bits per heavy atom. The standard InChI is InChI=1S/C25H21FN2O2S/c26-18-13-11-17(12-14-18)16-30-22-9-3-1-6-19(22)25(29)28-15-5-8-21(28)24-27-20-7-2-4-10-23(20)31-24/h1-4,6-7,9-14,21H,5,8,15-16H2/t21-/m0/s1. The normalized spacial score (nSPS) is 16.0. The predicted molar refractivity (Wildman–Crippen MR) is 120 cm³/mol. The fraction of sp³-hybridized carbons (Fsp3) is 0.200. The van der Waals surface area contributed by atoms with Crippen LogP contribution in [0.3, 0.4) is 0 Å². The molecular weight excluding hydrogens is 411 g/mol. The average molecular weight is 433 g/mol. The summed E-state index contributed by atoms with van der Waals surface area (Å²) in [6.45, 7) is 0.970. The summed E-state index contributed by atoms with van der Waals surface area (Å²) in [5.74, 6) is 0.206. The van der Waals surface area contributed by atoms with Gasteiger partial charge in [0.1, 0.15) is 23.2 Å². The van der Waals surface area contributed by atoms with Crippen LogP contribution in [0.2, 0.25) is 0 Å². The lowest BCUT2D eigenvalue weighted by molar-refractivity contribution is 0.0730. The molecule has 1 saturated heterocycles. The Bertz CT molecular complexity index is 1190. The van der Waals surface area contributed by atoms with Crippen LogP contribution in [0.4, 0.5) is 4.39 Å². The maximum Gasteiger partial charge on any atom is 0.258 e. The molecule has 5 rings (SSSR count). The van der Waals surface area contributed by atoms with Crippen LogP contribution < -0.4 is 4.74 Å². The Labute approximate surface area is 183 Å². The smallest absolute Gasteiger partial charge is 0.258 e. The topological polar surface area (TPSA) is 42.4 Å². The van der Waals surface area contributed by atoms with Crippen LogP contribution >= 0.6 is 11.3 Å². The van der Waals surface area contributed by atoms with Crippen LogP contribution in [-0.2, 0) is 6.61 Å². The van der Waals surface area contributed by atoms with Gasteiger partial charge in [0.25, 0.3) is 5.91 Å². The quantitative estimate of drug-likeness (QED) is 0.389. The third kappa shape index (κ3) is 4.03. The largest absolute Gasteiger partial charge is 0.488 e. The van der Waals surface area contributed by atoms with Gasteiger partial charge in [0.2, 0.25) is 0 Å². The number of rotatable bonds is 5. The highest BCUT2D eigenvalue weighted by Crippen LogP contribution is 2.38. The Morgan fingerprint density at radius 3 is 2.68 bits per heavy atom. The molecule has 0 bridgehead atoms. The molecule has 0 aliphatic carbocycles. The van der Waals surface area contributed by atoms with Crippen molar-refractivity contribution in [2.75, 3.05) is 6.54 Å². The molecule has 31 heavy (non-hydrogen) atoms. The zero-order valence-corrected chi connectivity index (χ0v) is 17.6. The Kier molecular flexibility index (Phi) is 5.38. The Hall–Kier alpha value is -3.25.